The fourth-order valence-electron chi connectivity index (χ4n) is 1.94. The van der Waals surface area contributed by atoms with Crippen LogP contribution in [0.4, 0.5) is 11.8 Å². The predicted octanol–water partition coefficient (Wildman–Crippen LogP) is 3.75. The average Bonchev–Trinajstić information content (AvgIpc) is 2.35. The van der Waals surface area contributed by atoms with Crippen LogP contribution in [0.1, 0.15) is 26.3 Å². The van der Waals surface area contributed by atoms with Gasteiger partial charge in [0.1, 0.15) is 5.82 Å². The molecule has 0 spiro atoms. The number of aryl methyl sites for hydroxylation is 1. The Morgan fingerprint density at radius 2 is 2.00 bits per heavy atom. The number of benzene rings is 1. The third-order valence-corrected chi connectivity index (χ3v) is 2.75. The van der Waals surface area contributed by atoms with Gasteiger partial charge >= 0.3 is 0 Å². The van der Waals surface area contributed by atoms with Crippen molar-refractivity contribution in [1.82, 2.24) is 9.97 Å². The Bertz CT molecular complexity index is 626. The summed E-state index contributed by atoms with van der Waals surface area (Å²) in [5.41, 5.74) is 2.08. The normalized spacial score (nSPS) is 11.4. The van der Waals surface area contributed by atoms with Crippen molar-refractivity contribution in [3.8, 4) is 0 Å². The molecule has 4 heteroatoms. The molecule has 1 aromatic heterocycles. The van der Waals surface area contributed by atoms with Gasteiger partial charge in [-0.15, -0.1) is 6.58 Å². The summed E-state index contributed by atoms with van der Waals surface area (Å²) in [7, 11) is 0. The van der Waals surface area contributed by atoms with Crippen LogP contribution in [-0.4, -0.2) is 22.1 Å². The van der Waals surface area contributed by atoms with Gasteiger partial charge in [0.15, 0.2) is 0 Å². The maximum absolute atomic E-state index is 4.58. The molecule has 0 saturated carbocycles. The summed E-state index contributed by atoms with van der Waals surface area (Å²) in [6.45, 7) is 12.8. The average molecular weight is 270 g/mol. The van der Waals surface area contributed by atoms with Gasteiger partial charge in [-0.3, -0.25) is 0 Å². The fraction of sp³-hybridized carbons (Fsp3) is 0.375. The van der Waals surface area contributed by atoms with E-state index in [1.807, 2.05) is 6.07 Å². The lowest BCUT2D eigenvalue weighted by Crippen LogP contribution is -2.27. The highest BCUT2D eigenvalue weighted by atomic mass is 15.2. The maximum atomic E-state index is 4.58. The topological polar surface area (TPSA) is 49.8 Å². The zero-order chi connectivity index (χ0) is 14.8. The Labute approximate surface area is 120 Å². The Morgan fingerprint density at radius 3 is 2.65 bits per heavy atom. The molecule has 20 heavy (non-hydrogen) atoms. The summed E-state index contributed by atoms with van der Waals surface area (Å²) in [5.74, 6) is 1.48. The first-order chi connectivity index (χ1) is 9.39. The Hall–Kier alpha value is -2.10. The van der Waals surface area contributed by atoms with Crippen LogP contribution in [-0.2, 0) is 0 Å². The van der Waals surface area contributed by atoms with Gasteiger partial charge in [-0.05, 0) is 39.8 Å². The second-order valence-electron chi connectivity index (χ2n) is 5.96. The molecule has 2 aromatic rings. The second-order valence-corrected chi connectivity index (χ2v) is 5.96. The summed E-state index contributed by atoms with van der Waals surface area (Å²) >= 11 is 0. The van der Waals surface area contributed by atoms with Gasteiger partial charge in [-0.2, -0.15) is 4.98 Å². The Kier molecular flexibility index (Phi) is 3.93. The van der Waals surface area contributed by atoms with E-state index in [4.69, 9.17) is 0 Å². The van der Waals surface area contributed by atoms with Crippen LogP contribution in [0.25, 0.3) is 10.9 Å². The van der Waals surface area contributed by atoms with Crippen molar-refractivity contribution >= 4 is 22.7 Å². The van der Waals surface area contributed by atoms with E-state index in [9.17, 15) is 0 Å². The minimum atomic E-state index is -0.0548. The molecular formula is C16H22N4. The van der Waals surface area contributed by atoms with E-state index in [-0.39, 0.29) is 5.54 Å². The van der Waals surface area contributed by atoms with Crippen LogP contribution in [0.3, 0.4) is 0 Å². The number of nitrogens with zero attached hydrogens (tertiary/aromatic N) is 2. The SMILES string of the molecule is C=CCNc1nc(NC(C)(C)C)c2cc(C)ccc2n1. The van der Waals surface area contributed by atoms with Crippen molar-refractivity contribution < 1.29 is 0 Å². The van der Waals surface area contributed by atoms with Gasteiger partial charge in [0, 0.05) is 17.5 Å². The zero-order valence-electron chi connectivity index (χ0n) is 12.6. The van der Waals surface area contributed by atoms with Crippen molar-refractivity contribution in [1.29, 1.82) is 0 Å². The summed E-state index contributed by atoms with van der Waals surface area (Å²) in [4.78, 5) is 9.12. The van der Waals surface area contributed by atoms with Gasteiger partial charge in [-0.25, -0.2) is 4.98 Å². The van der Waals surface area contributed by atoms with Crippen LogP contribution >= 0.6 is 0 Å². The molecule has 1 aromatic carbocycles. The number of rotatable bonds is 4. The van der Waals surface area contributed by atoms with Crippen molar-refractivity contribution in [3.63, 3.8) is 0 Å². The number of aromatic nitrogens is 2. The van der Waals surface area contributed by atoms with Gasteiger partial charge in [0.25, 0.3) is 0 Å². The molecule has 0 unspecified atom stereocenters. The zero-order valence-corrected chi connectivity index (χ0v) is 12.6. The molecule has 0 fully saturated rings. The lowest BCUT2D eigenvalue weighted by atomic mass is 10.1. The Balaban J connectivity index is 2.53. The van der Waals surface area contributed by atoms with E-state index in [0.717, 1.165) is 16.7 Å². The number of hydrogen-bond acceptors (Lipinski definition) is 4. The molecule has 1 heterocycles. The lowest BCUT2D eigenvalue weighted by molar-refractivity contribution is 0.631. The van der Waals surface area contributed by atoms with Crippen LogP contribution < -0.4 is 10.6 Å². The van der Waals surface area contributed by atoms with Crippen LogP contribution in [0.15, 0.2) is 30.9 Å². The highest BCUT2D eigenvalue weighted by molar-refractivity contribution is 5.90. The first-order valence-electron chi connectivity index (χ1n) is 6.80. The number of fused-ring (bicyclic) bond motifs is 1. The molecule has 2 N–H and O–H groups in total. The van der Waals surface area contributed by atoms with E-state index in [1.165, 1.54) is 5.56 Å². The van der Waals surface area contributed by atoms with Crippen LogP contribution in [0, 0.1) is 6.92 Å². The molecule has 0 bridgehead atoms. The first-order valence-corrected chi connectivity index (χ1v) is 6.80. The largest absolute Gasteiger partial charge is 0.365 e. The summed E-state index contributed by atoms with van der Waals surface area (Å²) < 4.78 is 0. The van der Waals surface area contributed by atoms with E-state index < -0.39 is 0 Å². The van der Waals surface area contributed by atoms with Gasteiger partial charge in [-0.1, -0.05) is 17.7 Å². The first kappa shape index (κ1) is 14.3. The third-order valence-electron chi connectivity index (χ3n) is 2.75. The van der Waals surface area contributed by atoms with Crippen molar-refractivity contribution in [3.05, 3.63) is 36.4 Å². The number of anilines is 2. The molecule has 0 amide bonds. The molecule has 0 radical (unpaired) electrons. The predicted molar refractivity (Wildman–Crippen MR) is 86.3 cm³/mol. The molecule has 0 aliphatic carbocycles. The third kappa shape index (κ3) is 3.47. The van der Waals surface area contributed by atoms with Crippen molar-refractivity contribution in [2.75, 3.05) is 17.2 Å². The van der Waals surface area contributed by atoms with E-state index in [1.54, 1.807) is 6.08 Å². The van der Waals surface area contributed by atoms with Crippen molar-refractivity contribution in [2.45, 2.75) is 33.2 Å². The highest BCUT2D eigenvalue weighted by Crippen LogP contribution is 2.25. The van der Waals surface area contributed by atoms with E-state index in [2.05, 4.69) is 67.0 Å². The van der Waals surface area contributed by atoms with Crippen LogP contribution in [0.2, 0.25) is 0 Å². The summed E-state index contributed by atoms with van der Waals surface area (Å²) in [5, 5.41) is 7.64. The summed E-state index contributed by atoms with van der Waals surface area (Å²) in [6, 6.07) is 6.20. The standard InChI is InChI=1S/C16H22N4/c1-6-9-17-15-18-13-8-7-11(2)10-12(13)14(19-15)20-16(3,4)5/h6-8,10H,1,9H2,2-5H3,(H2,17,18,19,20). The Morgan fingerprint density at radius 1 is 1.25 bits per heavy atom. The molecule has 0 saturated heterocycles. The van der Waals surface area contributed by atoms with Gasteiger partial charge in [0.05, 0.1) is 5.52 Å². The van der Waals surface area contributed by atoms with Crippen molar-refractivity contribution in [2.24, 2.45) is 0 Å². The monoisotopic (exact) mass is 270 g/mol. The molecule has 0 aliphatic rings. The van der Waals surface area contributed by atoms with Gasteiger partial charge < -0.3 is 10.6 Å². The molecular weight excluding hydrogens is 248 g/mol. The van der Waals surface area contributed by atoms with E-state index in [0.29, 0.717) is 12.5 Å². The van der Waals surface area contributed by atoms with E-state index >= 15 is 0 Å². The number of hydrogen-bond donors (Lipinski definition) is 2. The number of nitrogens with one attached hydrogen (secondary N) is 2. The van der Waals surface area contributed by atoms with Gasteiger partial charge in [0.2, 0.25) is 5.95 Å². The minimum Gasteiger partial charge on any atom is -0.365 e. The second kappa shape index (κ2) is 5.49. The minimum absolute atomic E-state index is 0.0548. The smallest absolute Gasteiger partial charge is 0.225 e. The summed E-state index contributed by atoms with van der Waals surface area (Å²) in [6.07, 6.45) is 1.79. The lowest BCUT2D eigenvalue weighted by Gasteiger charge is -2.22. The molecule has 0 atom stereocenters. The molecule has 2 rings (SSSR count). The quantitative estimate of drug-likeness (QED) is 0.831. The highest BCUT2D eigenvalue weighted by Gasteiger charge is 2.14. The molecule has 106 valence electrons. The molecule has 4 nitrogen and oxygen atoms in total. The maximum Gasteiger partial charge on any atom is 0.225 e. The molecule has 0 aliphatic heterocycles. The fourth-order valence-corrected chi connectivity index (χ4v) is 1.94. The van der Waals surface area contributed by atoms with Crippen LogP contribution in [0.5, 0.6) is 0 Å².